The number of amides is 1. The van der Waals surface area contributed by atoms with Gasteiger partial charge in [0, 0.05) is 31.3 Å². The predicted molar refractivity (Wildman–Crippen MR) is 102 cm³/mol. The van der Waals surface area contributed by atoms with Gasteiger partial charge >= 0.3 is 0 Å². The number of hydrogen-bond acceptors (Lipinski definition) is 3. The van der Waals surface area contributed by atoms with E-state index in [1.54, 1.807) is 18.0 Å². The molecule has 0 fully saturated rings. The smallest absolute Gasteiger partial charge is 0.289 e. The van der Waals surface area contributed by atoms with E-state index in [1.165, 1.54) is 0 Å². The van der Waals surface area contributed by atoms with Crippen molar-refractivity contribution in [3.05, 3.63) is 70.4 Å². The number of aryl methyl sites for hydroxylation is 3. The van der Waals surface area contributed by atoms with E-state index in [-0.39, 0.29) is 5.91 Å². The summed E-state index contributed by atoms with van der Waals surface area (Å²) in [7, 11) is 1.79. The first-order valence-electron chi connectivity index (χ1n) is 8.87. The lowest BCUT2D eigenvalue weighted by Crippen LogP contribution is -2.26. The molecule has 3 rings (SSSR count). The van der Waals surface area contributed by atoms with Gasteiger partial charge in [0.1, 0.15) is 5.76 Å². The molecule has 0 aliphatic heterocycles. The van der Waals surface area contributed by atoms with Crippen LogP contribution in [0, 0.1) is 20.8 Å². The van der Waals surface area contributed by atoms with Crippen LogP contribution >= 0.6 is 0 Å². The summed E-state index contributed by atoms with van der Waals surface area (Å²) < 4.78 is 7.55. The Bertz CT molecular complexity index is 937. The summed E-state index contributed by atoms with van der Waals surface area (Å²) in [5.41, 5.74) is 5.26. The minimum atomic E-state index is -0.118. The lowest BCUT2D eigenvalue weighted by atomic mass is 10.1. The van der Waals surface area contributed by atoms with E-state index in [2.05, 4.69) is 19.1 Å². The van der Waals surface area contributed by atoms with Crippen LogP contribution in [0.25, 0.3) is 5.69 Å². The molecule has 0 spiro atoms. The predicted octanol–water partition coefficient (Wildman–Crippen LogP) is 4.23. The summed E-state index contributed by atoms with van der Waals surface area (Å²) in [6.45, 7) is 8.59. The standard InChI is InChI=1S/C21H25N3O2/c1-6-17-11-12-20(26-17)21(25)23(5)13-18-15(3)22-24(16(18)4)19-10-8-7-9-14(19)2/h7-12H,6,13H2,1-5H3. The third-order valence-electron chi connectivity index (χ3n) is 4.75. The van der Waals surface area contributed by atoms with Crippen molar-refractivity contribution < 1.29 is 9.21 Å². The van der Waals surface area contributed by atoms with Gasteiger partial charge in [-0.1, -0.05) is 25.1 Å². The molecule has 136 valence electrons. The van der Waals surface area contributed by atoms with Crippen molar-refractivity contribution in [2.45, 2.75) is 40.7 Å². The summed E-state index contributed by atoms with van der Waals surface area (Å²) in [5, 5.41) is 4.70. The van der Waals surface area contributed by atoms with Crippen LogP contribution in [0.15, 0.2) is 40.8 Å². The van der Waals surface area contributed by atoms with Gasteiger partial charge in [-0.05, 0) is 44.5 Å². The van der Waals surface area contributed by atoms with Crippen molar-refractivity contribution in [2.24, 2.45) is 0 Å². The van der Waals surface area contributed by atoms with E-state index in [0.29, 0.717) is 12.3 Å². The zero-order chi connectivity index (χ0) is 18.8. The third-order valence-corrected chi connectivity index (χ3v) is 4.75. The van der Waals surface area contributed by atoms with E-state index < -0.39 is 0 Å². The monoisotopic (exact) mass is 351 g/mol. The molecule has 0 aliphatic rings. The fourth-order valence-corrected chi connectivity index (χ4v) is 3.12. The molecule has 5 nitrogen and oxygen atoms in total. The molecule has 2 heterocycles. The molecule has 5 heteroatoms. The minimum absolute atomic E-state index is 0.118. The second-order valence-electron chi connectivity index (χ2n) is 6.63. The molecule has 0 aliphatic carbocycles. The van der Waals surface area contributed by atoms with Gasteiger partial charge in [-0.15, -0.1) is 0 Å². The Morgan fingerprint density at radius 2 is 1.88 bits per heavy atom. The van der Waals surface area contributed by atoms with Crippen LogP contribution in [-0.2, 0) is 13.0 Å². The highest BCUT2D eigenvalue weighted by Crippen LogP contribution is 2.22. The molecule has 3 aromatic rings. The zero-order valence-electron chi connectivity index (χ0n) is 16.0. The van der Waals surface area contributed by atoms with E-state index in [0.717, 1.165) is 40.4 Å². The van der Waals surface area contributed by atoms with Gasteiger partial charge in [-0.25, -0.2) is 4.68 Å². The molecule has 0 N–H and O–H groups in total. The molecule has 0 unspecified atom stereocenters. The van der Waals surface area contributed by atoms with Crippen LogP contribution in [0.2, 0.25) is 0 Å². The second-order valence-corrected chi connectivity index (χ2v) is 6.63. The van der Waals surface area contributed by atoms with Crippen LogP contribution in [0.4, 0.5) is 0 Å². The average molecular weight is 351 g/mol. The van der Waals surface area contributed by atoms with Crippen molar-refractivity contribution in [3.8, 4) is 5.69 Å². The largest absolute Gasteiger partial charge is 0.456 e. The SMILES string of the molecule is CCc1ccc(C(=O)N(C)Cc2c(C)nn(-c3ccccc3C)c2C)o1. The molecule has 0 saturated carbocycles. The summed E-state index contributed by atoms with van der Waals surface area (Å²) >= 11 is 0. The lowest BCUT2D eigenvalue weighted by Gasteiger charge is -2.16. The van der Waals surface area contributed by atoms with Crippen LogP contribution < -0.4 is 0 Å². The maximum absolute atomic E-state index is 12.6. The normalized spacial score (nSPS) is 11.0. The molecule has 0 atom stereocenters. The first kappa shape index (κ1) is 18.0. The molecule has 0 radical (unpaired) electrons. The first-order valence-corrected chi connectivity index (χ1v) is 8.87. The Balaban J connectivity index is 1.86. The number of carbonyl (C=O) groups is 1. The van der Waals surface area contributed by atoms with Crippen molar-refractivity contribution in [1.82, 2.24) is 14.7 Å². The number of furan rings is 1. The quantitative estimate of drug-likeness (QED) is 0.691. The maximum atomic E-state index is 12.6. The highest BCUT2D eigenvalue weighted by Gasteiger charge is 2.20. The first-order chi connectivity index (χ1) is 12.4. The van der Waals surface area contributed by atoms with Crippen molar-refractivity contribution in [1.29, 1.82) is 0 Å². The molecular weight excluding hydrogens is 326 g/mol. The van der Waals surface area contributed by atoms with Crippen LogP contribution in [-0.4, -0.2) is 27.6 Å². The third kappa shape index (κ3) is 3.29. The van der Waals surface area contributed by atoms with Crippen LogP contribution in [0.1, 0.15) is 45.8 Å². The Labute approximate surface area is 154 Å². The molecule has 1 aromatic carbocycles. The van der Waals surface area contributed by atoms with Gasteiger partial charge in [0.05, 0.1) is 11.4 Å². The van der Waals surface area contributed by atoms with Crippen LogP contribution in [0.5, 0.6) is 0 Å². The van der Waals surface area contributed by atoms with Gasteiger partial charge in [0.15, 0.2) is 5.76 Å². The molecular formula is C21H25N3O2. The summed E-state index contributed by atoms with van der Waals surface area (Å²) in [6, 6.07) is 11.8. The number of carbonyl (C=O) groups excluding carboxylic acids is 1. The summed E-state index contributed by atoms with van der Waals surface area (Å²) in [6.07, 6.45) is 0.776. The average Bonchev–Trinajstić information content (AvgIpc) is 3.21. The number of para-hydroxylation sites is 1. The maximum Gasteiger partial charge on any atom is 0.289 e. The fraction of sp³-hybridized carbons (Fsp3) is 0.333. The minimum Gasteiger partial charge on any atom is -0.456 e. The van der Waals surface area contributed by atoms with Gasteiger partial charge in [-0.3, -0.25) is 4.79 Å². The van der Waals surface area contributed by atoms with E-state index in [4.69, 9.17) is 9.52 Å². The number of rotatable bonds is 5. The van der Waals surface area contributed by atoms with Crippen LogP contribution in [0.3, 0.4) is 0 Å². The second kappa shape index (κ2) is 7.20. The Morgan fingerprint density at radius 1 is 1.15 bits per heavy atom. The fourth-order valence-electron chi connectivity index (χ4n) is 3.12. The molecule has 1 amide bonds. The summed E-state index contributed by atoms with van der Waals surface area (Å²) in [5.74, 6) is 1.08. The van der Waals surface area contributed by atoms with Gasteiger partial charge in [-0.2, -0.15) is 5.10 Å². The Kier molecular flexibility index (Phi) is 4.98. The van der Waals surface area contributed by atoms with Crippen molar-refractivity contribution >= 4 is 5.91 Å². The van der Waals surface area contributed by atoms with Gasteiger partial charge < -0.3 is 9.32 Å². The molecule has 0 saturated heterocycles. The van der Waals surface area contributed by atoms with Crippen molar-refractivity contribution in [2.75, 3.05) is 7.05 Å². The molecule has 2 aromatic heterocycles. The van der Waals surface area contributed by atoms with E-state index in [1.807, 2.05) is 43.7 Å². The number of nitrogens with zero attached hydrogens (tertiary/aromatic N) is 3. The number of hydrogen-bond donors (Lipinski definition) is 0. The Hall–Kier alpha value is -2.82. The number of aromatic nitrogens is 2. The summed E-state index contributed by atoms with van der Waals surface area (Å²) in [4.78, 5) is 14.3. The number of benzene rings is 1. The highest BCUT2D eigenvalue weighted by molar-refractivity contribution is 5.91. The topological polar surface area (TPSA) is 51.3 Å². The van der Waals surface area contributed by atoms with Gasteiger partial charge in [0.2, 0.25) is 0 Å². The molecule has 0 bridgehead atoms. The van der Waals surface area contributed by atoms with E-state index in [9.17, 15) is 4.79 Å². The Morgan fingerprint density at radius 3 is 2.54 bits per heavy atom. The van der Waals surface area contributed by atoms with E-state index >= 15 is 0 Å². The molecule has 26 heavy (non-hydrogen) atoms. The lowest BCUT2D eigenvalue weighted by molar-refractivity contribution is 0.0751. The zero-order valence-corrected chi connectivity index (χ0v) is 16.0. The van der Waals surface area contributed by atoms with Crippen molar-refractivity contribution in [3.63, 3.8) is 0 Å². The highest BCUT2D eigenvalue weighted by atomic mass is 16.4. The van der Waals surface area contributed by atoms with Gasteiger partial charge in [0.25, 0.3) is 5.91 Å².